The molecule has 3 heteroatoms. The number of methoxy groups -OCH3 is 1. The van der Waals surface area contributed by atoms with Crippen LogP contribution >= 0.6 is 11.8 Å². The van der Waals surface area contributed by atoms with E-state index in [0.29, 0.717) is 5.25 Å². The molecule has 0 aromatic carbocycles. The fourth-order valence-electron chi connectivity index (χ4n) is 0.883. The van der Waals surface area contributed by atoms with Gasteiger partial charge in [0.25, 0.3) is 0 Å². The summed E-state index contributed by atoms with van der Waals surface area (Å²) < 4.78 is 4.24. The molecule has 0 heterocycles. The molecule has 2 nitrogen and oxygen atoms in total. The van der Waals surface area contributed by atoms with E-state index in [1.807, 2.05) is 13.8 Å². The Bertz CT molecular complexity index is 141. The van der Waals surface area contributed by atoms with Crippen LogP contribution in [0.15, 0.2) is 0 Å². The lowest BCUT2D eigenvalue weighted by molar-refractivity contribution is -0.142. The fourth-order valence-corrected chi connectivity index (χ4v) is 2.24. The molecule has 0 aliphatic carbocycles. The van der Waals surface area contributed by atoms with Gasteiger partial charge >= 0.3 is 5.97 Å². The molecule has 0 fully saturated rings. The molecule has 0 unspecified atom stereocenters. The molecule has 0 aromatic heterocycles. The van der Waals surface area contributed by atoms with Crippen LogP contribution in [0, 0.1) is 0 Å². The predicted molar refractivity (Wildman–Crippen MR) is 48.8 cm³/mol. The van der Waals surface area contributed by atoms with Crippen LogP contribution in [0.25, 0.3) is 0 Å². The summed E-state index contributed by atoms with van der Waals surface area (Å²) in [6, 6.07) is 0. The monoisotopic (exact) mass is 176 g/mol. The SMILES string of the molecule is COC(=O)C(C)(C)SC(C)C. The van der Waals surface area contributed by atoms with Crippen LogP contribution < -0.4 is 0 Å². The Morgan fingerprint density at radius 3 is 2.18 bits per heavy atom. The summed E-state index contributed by atoms with van der Waals surface area (Å²) in [7, 11) is 1.42. The van der Waals surface area contributed by atoms with Gasteiger partial charge in [0, 0.05) is 5.25 Å². The van der Waals surface area contributed by atoms with Crippen LogP contribution in [-0.2, 0) is 9.53 Å². The maximum absolute atomic E-state index is 11.1. The normalized spacial score (nSPS) is 11.8. The molecule has 0 rings (SSSR count). The highest BCUT2D eigenvalue weighted by Gasteiger charge is 2.29. The molecular formula is C8H16O2S. The third-order valence-electron chi connectivity index (χ3n) is 1.21. The first-order valence-corrected chi connectivity index (χ1v) is 4.54. The van der Waals surface area contributed by atoms with Gasteiger partial charge in [0.2, 0.25) is 0 Å². The summed E-state index contributed by atoms with van der Waals surface area (Å²) >= 11 is 1.61. The van der Waals surface area contributed by atoms with Gasteiger partial charge in [0.05, 0.1) is 7.11 Å². The lowest BCUT2D eigenvalue weighted by Crippen LogP contribution is -2.30. The first-order valence-electron chi connectivity index (χ1n) is 3.66. The van der Waals surface area contributed by atoms with Gasteiger partial charge in [-0.2, -0.15) is 0 Å². The van der Waals surface area contributed by atoms with Crippen LogP contribution in [-0.4, -0.2) is 23.1 Å². The largest absolute Gasteiger partial charge is 0.468 e. The molecule has 0 bridgehead atoms. The standard InChI is InChI=1S/C8H16O2S/c1-6(2)11-8(3,4)7(9)10-5/h6H,1-5H3. The van der Waals surface area contributed by atoms with Crippen LogP contribution in [0.5, 0.6) is 0 Å². The van der Waals surface area contributed by atoms with Crippen molar-refractivity contribution in [3.8, 4) is 0 Å². The number of rotatable bonds is 3. The summed E-state index contributed by atoms with van der Waals surface area (Å²) in [4.78, 5) is 11.1. The van der Waals surface area contributed by atoms with E-state index in [1.165, 1.54) is 7.11 Å². The van der Waals surface area contributed by atoms with Crippen molar-refractivity contribution in [2.75, 3.05) is 7.11 Å². The molecule has 0 spiro atoms. The number of carbonyl (C=O) groups is 1. The van der Waals surface area contributed by atoms with Crippen molar-refractivity contribution in [3.63, 3.8) is 0 Å². The van der Waals surface area contributed by atoms with E-state index < -0.39 is 4.75 Å². The molecule has 0 N–H and O–H groups in total. The summed E-state index contributed by atoms with van der Waals surface area (Å²) in [5, 5.41) is 0.448. The average molecular weight is 176 g/mol. The summed E-state index contributed by atoms with van der Waals surface area (Å²) in [5.41, 5.74) is 0. The van der Waals surface area contributed by atoms with E-state index in [1.54, 1.807) is 11.8 Å². The molecule has 0 atom stereocenters. The van der Waals surface area contributed by atoms with E-state index in [4.69, 9.17) is 0 Å². The Kier molecular flexibility index (Phi) is 3.93. The van der Waals surface area contributed by atoms with E-state index in [2.05, 4.69) is 18.6 Å². The number of hydrogen-bond donors (Lipinski definition) is 0. The molecule has 11 heavy (non-hydrogen) atoms. The zero-order valence-electron chi connectivity index (χ0n) is 7.80. The maximum Gasteiger partial charge on any atom is 0.321 e. The molecule has 0 saturated carbocycles. The van der Waals surface area contributed by atoms with Crippen LogP contribution in [0.1, 0.15) is 27.7 Å². The molecule has 66 valence electrons. The van der Waals surface area contributed by atoms with Crippen molar-refractivity contribution in [3.05, 3.63) is 0 Å². The van der Waals surface area contributed by atoms with Gasteiger partial charge in [0.15, 0.2) is 0 Å². The fraction of sp³-hybridized carbons (Fsp3) is 0.875. The number of ether oxygens (including phenoxy) is 1. The van der Waals surface area contributed by atoms with Crippen molar-refractivity contribution in [1.29, 1.82) is 0 Å². The minimum Gasteiger partial charge on any atom is -0.468 e. The number of hydrogen-bond acceptors (Lipinski definition) is 3. The molecule has 0 amide bonds. The number of thioether (sulfide) groups is 1. The van der Waals surface area contributed by atoms with Gasteiger partial charge < -0.3 is 4.74 Å². The van der Waals surface area contributed by atoms with Crippen molar-refractivity contribution >= 4 is 17.7 Å². The third-order valence-corrected chi connectivity index (χ3v) is 2.43. The second-order valence-electron chi connectivity index (χ2n) is 3.17. The Morgan fingerprint density at radius 2 is 1.91 bits per heavy atom. The quantitative estimate of drug-likeness (QED) is 0.616. The minimum atomic E-state index is -0.414. The van der Waals surface area contributed by atoms with E-state index in [-0.39, 0.29) is 5.97 Å². The Morgan fingerprint density at radius 1 is 1.45 bits per heavy atom. The predicted octanol–water partition coefficient (Wildman–Crippen LogP) is 2.08. The molecule has 0 radical (unpaired) electrons. The summed E-state index contributed by atoms with van der Waals surface area (Å²) in [6.07, 6.45) is 0. The van der Waals surface area contributed by atoms with Crippen LogP contribution in [0.2, 0.25) is 0 Å². The highest BCUT2D eigenvalue weighted by atomic mass is 32.2. The van der Waals surface area contributed by atoms with Gasteiger partial charge in [-0.05, 0) is 13.8 Å². The van der Waals surface area contributed by atoms with Gasteiger partial charge in [-0.3, -0.25) is 4.79 Å². The Hall–Kier alpha value is -0.180. The lowest BCUT2D eigenvalue weighted by Gasteiger charge is -2.22. The third kappa shape index (κ3) is 3.65. The van der Waals surface area contributed by atoms with Crippen molar-refractivity contribution in [2.24, 2.45) is 0 Å². The highest BCUT2D eigenvalue weighted by Crippen LogP contribution is 2.29. The van der Waals surface area contributed by atoms with Crippen LogP contribution in [0.3, 0.4) is 0 Å². The lowest BCUT2D eigenvalue weighted by atomic mass is 10.2. The molecule has 0 aromatic rings. The Balaban J connectivity index is 4.09. The van der Waals surface area contributed by atoms with Gasteiger partial charge in [0.1, 0.15) is 4.75 Å². The number of carbonyl (C=O) groups excluding carboxylic acids is 1. The second-order valence-corrected chi connectivity index (χ2v) is 5.37. The van der Waals surface area contributed by atoms with Gasteiger partial charge in [-0.15, -0.1) is 11.8 Å². The topological polar surface area (TPSA) is 26.3 Å². The molecule has 0 saturated heterocycles. The molecule has 0 aliphatic heterocycles. The first-order chi connectivity index (χ1) is 4.90. The maximum atomic E-state index is 11.1. The molecule has 0 aliphatic rings. The second kappa shape index (κ2) is 4.00. The van der Waals surface area contributed by atoms with Crippen LogP contribution in [0.4, 0.5) is 0 Å². The van der Waals surface area contributed by atoms with Crippen molar-refractivity contribution < 1.29 is 9.53 Å². The smallest absolute Gasteiger partial charge is 0.321 e. The van der Waals surface area contributed by atoms with E-state index >= 15 is 0 Å². The van der Waals surface area contributed by atoms with Crippen molar-refractivity contribution in [2.45, 2.75) is 37.7 Å². The molecular weight excluding hydrogens is 160 g/mol. The van der Waals surface area contributed by atoms with Crippen molar-refractivity contribution in [1.82, 2.24) is 0 Å². The zero-order valence-corrected chi connectivity index (χ0v) is 8.62. The van der Waals surface area contributed by atoms with Gasteiger partial charge in [-0.1, -0.05) is 13.8 Å². The number of esters is 1. The highest BCUT2D eigenvalue weighted by molar-refractivity contribution is 8.01. The first kappa shape index (κ1) is 10.8. The summed E-state index contributed by atoms with van der Waals surface area (Å²) in [6.45, 7) is 7.89. The summed E-state index contributed by atoms with van der Waals surface area (Å²) in [5.74, 6) is -0.156. The van der Waals surface area contributed by atoms with Gasteiger partial charge in [-0.25, -0.2) is 0 Å². The van der Waals surface area contributed by atoms with E-state index in [9.17, 15) is 4.79 Å². The minimum absolute atomic E-state index is 0.156. The van der Waals surface area contributed by atoms with E-state index in [0.717, 1.165) is 0 Å². The average Bonchev–Trinajstić information content (AvgIpc) is 1.83. The zero-order chi connectivity index (χ0) is 9.07. The Labute approximate surface area is 72.7 Å².